The fourth-order valence-corrected chi connectivity index (χ4v) is 2.30. The van der Waals surface area contributed by atoms with Crippen LogP contribution in [0, 0.1) is 6.92 Å². The van der Waals surface area contributed by atoms with Crippen LogP contribution in [0.1, 0.15) is 22.3 Å². The summed E-state index contributed by atoms with van der Waals surface area (Å²) in [6, 6.07) is 9.79. The zero-order valence-electron chi connectivity index (χ0n) is 9.53. The topological polar surface area (TPSA) is 42.0 Å². The number of aryl methyl sites for hydroxylation is 1. The molecule has 0 amide bonds. The molecule has 17 heavy (non-hydrogen) atoms. The molecule has 0 unspecified atom stereocenters. The van der Waals surface area contributed by atoms with Gasteiger partial charge in [-0.05, 0) is 19.1 Å². The van der Waals surface area contributed by atoms with E-state index in [1.807, 2.05) is 37.3 Å². The van der Waals surface area contributed by atoms with E-state index in [0.717, 1.165) is 21.4 Å². The number of Topliss-reactive ketones (excluding diaryl/α,β-unsaturated/α-hetero) is 1. The lowest BCUT2D eigenvalue weighted by Crippen LogP contribution is -3.00. The van der Waals surface area contributed by atoms with Crippen LogP contribution in [0.5, 0.6) is 0 Å². The van der Waals surface area contributed by atoms with E-state index in [1.54, 1.807) is 6.92 Å². The summed E-state index contributed by atoms with van der Waals surface area (Å²) in [6.07, 6.45) is 0. The first-order valence-electron chi connectivity index (χ1n) is 4.97. The normalized spacial score (nSPS) is 9.53. The molecule has 3 nitrogen and oxygen atoms in total. The molecule has 0 radical (unpaired) electrons. The number of nitrogens with one attached hydrogen (secondary N) is 1. The van der Waals surface area contributed by atoms with Gasteiger partial charge in [0.15, 0.2) is 10.9 Å². The summed E-state index contributed by atoms with van der Waals surface area (Å²) in [5.74, 6) is 0.0658. The van der Waals surface area contributed by atoms with E-state index >= 15 is 0 Å². The second-order valence-corrected chi connectivity index (χ2v) is 4.48. The van der Waals surface area contributed by atoms with Crippen LogP contribution < -0.4 is 17.7 Å². The van der Waals surface area contributed by atoms with Crippen molar-refractivity contribution < 1.29 is 17.2 Å². The highest BCUT2D eigenvalue weighted by atomic mass is 35.5. The standard InChI is InChI=1S/C12H12N2OS.ClH/c1-8-11(9(2)15)16-12(13-8)14-10-6-4-3-5-7-10;/h3-7H,1-2H3,(H,13,14);1H/p-1. The molecule has 5 heteroatoms. The van der Waals surface area contributed by atoms with Crippen LogP contribution in [-0.4, -0.2) is 10.8 Å². The summed E-state index contributed by atoms with van der Waals surface area (Å²) in [6.45, 7) is 3.41. The van der Waals surface area contributed by atoms with E-state index in [1.165, 1.54) is 11.3 Å². The lowest BCUT2D eigenvalue weighted by molar-refractivity contribution is -0.0000115. The number of rotatable bonds is 3. The maximum atomic E-state index is 11.3. The zero-order chi connectivity index (χ0) is 11.5. The van der Waals surface area contributed by atoms with Gasteiger partial charge in [0.25, 0.3) is 0 Å². The number of halogens is 1. The van der Waals surface area contributed by atoms with Gasteiger partial charge >= 0.3 is 0 Å². The van der Waals surface area contributed by atoms with E-state index in [-0.39, 0.29) is 18.2 Å². The Hall–Kier alpha value is -1.39. The van der Waals surface area contributed by atoms with Crippen LogP contribution in [0.25, 0.3) is 0 Å². The fraction of sp³-hybridized carbons (Fsp3) is 0.167. The van der Waals surface area contributed by atoms with Gasteiger partial charge in [-0.2, -0.15) is 0 Å². The lowest BCUT2D eigenvalue weighted by atomic mass is 10.3. The number of benzene rings is 1. The molecular weight excluding hydrogens is 256 g/mol. The number of anilines is 2. The quantitative estimate of drug-likeness (QED) is 0.819. The molecule has 1 heterocycles. The third-order valence-corrected chi connectivity index (χ3v) is 3.32. The summed E-state index contributed by atoms with van der Waals surface area (Å²) < 4.78 is 0. The molecule has 0 spiro atoms. The Balaban J connectivity index is 0.00000144. The van der Waals surface area contributed by atoms with Crippen LogP contribution in [0.3, 0.4) is 0 Å². The van der Waals surface area contributed by atoms with Crippen molar-refractivity contribution >= 4 is 27.9 Å². The molecule has 0 saturated heterocycles. The first-order valence-corrected chi connectivity index (χ1v) is 5.79. The van der Waals surface area contributed by atoms with Gasteiger partial charge in [0.05, 0.1) is 10.6 Å². The van der Waals surface area contributed by atoms with E-state index in [9.17, 15) is 4.79 Å². The number of thiazole rings is 1. The third kappa shape index (κ3) is 3.28. The minimum absolute atomic E-state index is 0. The molecule has 1 aromatic heterocycles. The number of para-hydroxylation sites is 1. The predicted molar refractivity (Wildman–Crippen MR) is 66.6 cm³/mol. The first-order chi connectivity index (χ1) is 7.66. The second-order valence-electron chi connectivity index (χ2n) is 3.48. The van der Waals surface area contributed by atoms with Crippen LogP contribution >= 0.6 is 11.3 Å². The van der Waals surface area contributed by atoms with E-state index in [4.69, 9.17) is 0 Å². The SMILES string of the molecule is CC(=O)c1sc(Nc2ccccc2)nc1C.[Cl-]. The second kappa shape index (κ2) is 5.80. The smallest absolute Gasteiger partial charge is 0.188 e. The highest BCUT2D eigenvalue weighted by molar-refractivity contribution is 7.17. The Morgan fingerprint density at radius 3 is 2.47 bits per heavy atom. The molecule has 90 valence electrons. The van der Waals surface area contributed by atoms with Crippen LogP contribution in [0.2, 0.25) is 0 Å². The third-order valence-electron chi connectivity index (χ3n) is 2.14. The molecule has 0 bridgehead atoms. The van der Waals surface area contributed by atoms with E-state index in [0.29, 0.717) is 0 Å². The van der Waals surface area contributed by atoms with Gasteiger partial charge in [-0.1, -0.05) is 29.5 Å². The Morgan fingerprint density at radius 2 is 1.94 bits per heavy atom. The number of ketones is 1. The Morgan fingerprint density at radius 1 is 1.29 bits per heavy atom. The van der Waals surface area contributed by atoms with Crippen LogP contribution in [-0.2, 0) is 0 Å². The zero-order valence-corrected chi connectivity index (χ0v) is 11.1. The van der Waals surface area contributed by atoms with Crippen molar-refractivity contribution in [2.24, 2.45) is 0 Å². The van der Waals surface area contributed by atoms with Gasteiger partial charge in [0, 0.05) is 12.6 Å². The minimum Gasteiger partial charge on any atom is -1.00 e. The molecule has 0 fully saturated rings. The molecular formula is C12H12ClN2OS-. The molecule has 1 N–H and O–H groups in total. The summed E-state index contributed by atoms with van der Waals surface area (Å²) in [4.78, 5) is 16.3. The van der Waals surface area contributed by atoms with Crippen molar-refractivity contribution in [1.29, 1.82) is 0 Å². The number of carbonyl (C=O) groups is 1. The van der Waals surface area contributed by atoms with Crippen molar-refractivity contribution in [3.63, 3.8) is 0 Å². The fourth-order valence-electron chi connectivity index (χ4n) is 1.42. The Bertz CT molecular complexity index is 510. The molecule has 0 saturated carbocycles. The molecule has 1 aromatic carbocycles. The summed E-state index contributed by atoms with van der Waals surface area (Å²) in [5, 5.41) is 3.93. The largest absolute Gasteiger partial charge is 1.00 e. The Labute approximate surface area is 110 Å². The summed E-state index contributed by atoms with van der Waals surface area (Å²) >= 11 is 1.39. The number of nitrogens with zero attached hydrogens (tertiary/aromatic N) is 1. The average molecular weight is 268 g/mol. The van der Waals surface area contributed by atoms with Gasteiger partial charge in [0.2, 0.25) is 0 Å². The number of hydrogen-bond donors (Lipinski definition) is 1. The van der Waals surface area contributed by atoms with Gasteiger partial charge in [-0.3, -0.25) is 4.79 Å². The molecule has 0 aliphatic carbocycles. The number of hydrogen-bond acceptors (Lipinski definition) is 4. The van der Waals surface area contributed by atoms with Gasteiger partial charge in [-0.25, -0.2) is 4.98 Å². The van der Waals surface area contributed by atoms with Crippen molar-refractivity contribution in [2.75, 3.05) is 5.32 Å². The van der Waals surface area contributed by atoms with Crippen LogP contribution in [0.15, 0.2) is 30.3 Å². The lowest BCUT2D eigenvalue weighted by Gasteiger charge is -2.00. The van der Waals surface area contributed by atoms with Crippen molar-refractivity contribution in [3.8, 4) is 0 Å². The average Bonchev–Trinajstić information content (AvgIpc) is 2.61. The number of carbonyl (C=O) groups excluding carboxylic acids is 1. The van der Waals surface area contributed by atoms with E-state index in [2.05, 4.69) is 10.3 Å². The van der Waals surface area contributed by atoms with Gasteiger partial charge < -0.3 is 17.7 Å². The molecule has 0 atom stereocenters. The molecule has 0 aliphatic heterocycles. The molecule has 0 aliphatic rings. The maximum Gasteiger partial charge on any atom is 0.188 e. The van der Waals surface area contributed by atoms with Gasteiger partial charge in [-0.15, -0.1) is 0 Å². The molecule has 2 aromatic rings. The maximum absolute atomic E-state index is 11.3. The van der Waals surface area contributed by atoms with Crippen molar-refractivity contribution in [1.82, 2.24) is 4.98 Å². The summed E-state index contributed by atoms with van der Waals surface area (Å²) in [5.41, 5.74) is 1.77. The predicted octanol–water partition coefficient (Wildman–Crippen LogP) is 0.402. The van der Waals surface area contributed by atoms with E-state index < -0.39 is 0 Å². The van der Waals surface area contributed by atoms with Crippen molar-refractivity contribution in [3.05, 3.63) is 40.9 Å². The molecule has 2 rings (SSSR count). The highest BCUT2D eigenvalue weighted by Crippen LogP contribution is 2.25. The Kier molecular flexibility index (Phi) is 4.66. The van der Waals surface area contributed by atoms with Crippen LogP contribution in [0.4, 0.5) is 10.8 Å². The minimum atomic E-state index is 0. The van der Waals surface area contributed by atoms with Gasteiger partial charge in [0.1, 0.15) is 0 Å². The summed E-state index contributed by atoms with van der Waals surface area (Å²) in [7, 11) is 0. The first kappa shape index (κ1) is 13.7. The van der Waals surface area contributed by atoms with Crippen molar-refractivity contribution in [2.45, 2.75) is 13.8 Å². The monoisotopic (exact) mass is 267 g/mol. The number of aromatic nitrogens is 1. The highest BCUT2D eigenvalue weighted by Gasteiger charge is 2.11.